The molecule has 0 radical (unpaired) electrons. The maximum Gasteiger partial charge on any atom is 0.272 e. The molecule has 1 aromatic heterocycles. The maximum atomic E-state index is 13.4. The summed E-state index contributed by atoms with van der Waals surface area (Å²) in [4.78, 5) is 15.7. The van der Waals surface area contributed by atoms with E-state index in [0.717, 1.165) is 0 Å². The quantitative estimate of drug-likeness (QED) is 0.879. The summed E-state index contributed by atoms with van der Waals surface area (Å²) in [5.41, 5.74) is 6.73. The van der Waals surface area contributed by atoms with Crippen molar-refractivity contribution in [2.24, 2.45) is 0 Å². The lowest BCUT2D eigenvalue weighted by Crippen LogP contribution is -2.27. The summed E-state index contributed by atoms with van der Waals surface area (Å²) in [6.45, 7) is 0.329. The lowest BCUT2D eigenvalue weighted by molar-refractivity contribution is 0.0950. The fourth-order valence-electron chi connectivity index (χ4n) is 1.70. The summed E-state index contributed by atoms with van der Waals surface area (Å²) in [7, 11) is 0. The molecule has 5 heteroatoms. The zero-order chi connectivity index (χ0) is 13.7. The number of amides is 1. The SMILES string of the molecule is Nc1cccnc1C(=O)NCCc1ccccc1F. The standard InChI is InChI=1S/C14H14FN3O/c15-11-5-2-1-4-10(11)7-9-18-14(19)13-12(16)6-3-8-17-13/h1-6,8H,7,9,16H2,(H,18,19). The topological polar surface area (TPSA) is 68.0 Å². The molecule has 98 valence electrons. The van der Waals surface area contributed by atoms with Crippen LogP contribution >= 0.6 is 0 Å². The molecule has 19 heavy (non-hydrogen) atoms. The molecule has 1 heterocycles. The van der Waals surface area contributed by atoms with Crippen LogP contribution in [-0.2, 0) is 6.42 Å². The van der Waals surface area contributed by atoms with E-state index in [9.17, 15) is 9.18 Å². The largest absolute Gasteiger partial charge is 0.397 e. The molecule has 4 nitrogen and oxygen atoms in total. The summed E-state index contributed by atoms with van der Waals surface area (Å²) < 4.78 is 13.4. The monoisotopic (exact) mass is 259 g/mol. The van der Waals surface area contributed by atoms with E-state index >= 15 is 0 Å². The number of pyridine rings is 1. The van der Waals surface area contributed by atoms with E-state index in [0.29, 0.717) is 24.2 Å². The van der Waals surface area contributed by atoms with Gasteiger partial charge in [-0.1, -0.05) is 18.2 Å². The van der Waals surface area contributed by atoms with E-state index in [1.165, 1.54) is 12.3 Å². The molecule has 0 bridgehead atoms. The third-order valence-corrected chi connectivity index (χ3v) is 2.69. The van der Waals surface area contributed by atoms with E-state index in [4.69, 9.17) is 5.73 Å². The van der Waals surface area contributed by atoms with E-state index in [1.807, 2.05) is 0 Å². The first kappa shape index (κ1) is 13.0. The van der Waals surface area contributed by atoms with Gasteiger partial charge in [-0.25, -0.2) is 9.37 Å². The molecule has 0 aliphatic rings. The van der Waals surface area contributed by atoms with Crippen molar-refractivity contribution in [3.63, 3.8) is 0 Å². The molecule has 1 amide bonds. The highest BCUT2D eigenvalue weighted by Crippen LogP contribution is 2.08. The third kappa shape index (κ3) is 3.28. The van der Waals surface area contributed by atoms with Crippen molar-refractivity contribution in [3.8, 4) is 0 Å². The Morgan fingerprint density at radius 3 is 2.79 bits per heavy atom. The minimum atomic E-state index is -0.352. The van der Waals surface area contributed by atoms with Crippen molar-refractivity contribution in [3.05, 3.63) is 59.7 Å². The lowest BCUT2D eigenvalue weighted by Gasteiger charge is -2.07. The highest BCUT2D eigenvalue weighted by Gasteiger charge is 2.10. The van der Waals surface area contributed by atoms with Gasteiger partial charge >= 0.3 is 0 Å². The van der Waals surface area contributed by atoms with Gasteiger partial charge in [-0.05, 0) is 30.2 Å². The van der Waals surface area contributed by atoms with Crippen LogP contribution in [0.1, 0.15) is 16.1 Å². The summed E-state index contributed by atoms with van der Waals surface area (Å²) in [5.74, 6) is -0.622. The number of carbonyl (C=O) groups excluding carboxylic acids is 1. The van der Waals surface area contributed by atoms with E-state index < -0.39 is 0 Å². The van der Waals surface area contributed by atoms with Crippen molar-refractivity contribution in [2.75, 3.05) is 12.3 Å². The van der Waals surface area contributed by atoms with Crippen LogP contribution in [0.25, 0.3) is 0 Å². The third-order valence-electron chi connectivity index (χ3n) is 2.69. The fourth-order valence-corrected chi connectivity index (χ4v) is 1.70. The molecule has 0 aliphatic carbocycles. The molecule has 0 aliphatic heterocycles. The van der Waals surface area contributed by atoms with Crippen molar-refractivity contribution < 1.29 is 9.18 Å². The number of anilines is 1. The number of halogens is 1. The molecular formula is C14H14FN3O. The van der Waals surface area contributed by atoms with Gasteiger partial charge in [-0.15, -0.1) is 0 Å². The van der Waals surface area contributed by atoms with Crippen LogP contribution in [0.3, 0.4) is 0 Å². The Kier molecular flexibility index (Phi) is 4.07. The second-order valence-corrected chi connectivity index (χ2v) is 4.04. The minimum absolute atomic E-state index is 0.191. The first-order chi connectivity index (χ1) is 9.18. The van der Waals surface area contributed by atoms with Crippen LogP contribution in [0.5, 0.6) is 0 Å². The highest BCUT2D eigenvalue weighted by atomic mass is 19.1. The maximum absolute atomic E-state index is 13.4. The number of nitrogens with two attached hydrogens (primary N) is 1. The van der Waals surface area contributed by atoms with Crippen LogP contribution in [0.2, 0.25) is 0 Å². The average molecular weight is 259 g/mol. The number of nitrogens with one attached hydrogen (secondary N) is 1. The number of hydrogen-bond acceptors (Lipinski definition) is 3. The zero-order valence-corrected chi connectivity index (χ0v) is 10.3. The van der Waals surface area contributed by atoms with Gasteiger partial charge in [0.05, 0.1) is 5.69 Å². The molecule has 0 spiro atoms. The summed E-state index contributed by atoms with van der Waals surface area (Å²) in [6.07, 6.45) is 1.92. The van der Waals surface area contributed by atoms with E-state index in [1.54, 1.807) is 30.3 Å². The number of nitrogen functional groups attached to an aromatic ring is 1. The second-order valence-electron chi connectivity index (χ2n) is 4.04. The molecule has 3 N–H and O–H groups in total. The zero-order valence-electron chi connectivity index (χ0n) is 10.3. The van der Waals surface area contributed by atoms with Gasteiger partial charge in [0.1, 0.15) is 5.82 Å². The molecule has 0 saturated heterocycles. The van der Waals surface area contributed by atoms with Crippen LogP contribution < -0.4 is 11.1 Å². The Hall–Kier alpha value is -2.43. The smallest absolute Gasteiger partial charge is 0.272 e. The average Bonchev–Trinajstić information content (AvgIpc) is 2.41. The van der Waals surface area contributed by atoms with Crippen molar-refractivity contribution in [2.45, 2.75) is 6.42 Å². The van der Waals surface area contributed by atoms with E-state index in [2.05, 4.69) is 10.3 Å². The molecule has 0 atom stereocenters. The molecule has 1 aromatic carbocycles. The van der Waals surface area contributed by atoms with Gasteiger partial charge in [0, 0.05) is 12.7 Å². The number of nitrogens with zero attached hydrogens (tertiary/aromatic N) is 1. The Balaban J connectivity index is 1.92. The number of rotatable bonds is 4. The first-order valence-corrected chi connectivity index (χ1v) is 5.90. The van der Waals surface area contributed by atoms with Gasteiger partial charge in [-0.3, -0.25) is 4.79 Å². The van der Waals surface area contributed by atoms with Crippen LogP contribution in [0, 0.1) is 5.82 Å². The van der Waals surface area contributed by atoms with Crippen molar-refractivity contribution >= 4 is 11.6 Å². The van der Waals surface area contributed by atoms with Crippen molar-refractivity contribution in [1.29, 1.82) is 0 Å². The highest BCUT2D eigenvalue weighted by molar-refractivity contribution is 5.96. The van der Waals surface area contributed by atoms with Crippen LogP contribution in [0.15, 0.2) is 42.6 Å². The van der Waals surface area contributed by atoms with E-state index in [-0.39, 0.29) is 17.4 Å². The summed E-state index contributed by atoms with van der Waals surface area (Å²) in [6, 6.07) is 9.75. The Morgan fingerprint density at radius 2 is 2.05 bits per heavy atom. The Morgan fingerprint density at radius 1 is 1.26 bits per heavy atom. The van der Waals surface area contributed by atoms with Gasteiger partial charge < -0.3 is 11.1 Å². The molecule has 0 saturated carbocycles. The van der Waals surface area contributed by atoms with Crippen LogP contribution in [-0.4, -0.2) is 17.4 Å². The number of aromatic nitrogens is 1. The molecule has 2 aromatic rings. The van der Waals surface area contributed by atoms with Gasteiger partial charge in [-0.2, -0.15) is 0 Å². The molecule has 0 unspecified atom stereocenters. The summed E-state index contributed by atoms with van der Waals surface area (Å²) >= 11 is 0. The second kappa shape index (κ2) is 5.95. The van der Waals surface area contributed by atoms with Gasteiger partial charge in [0.15, 0.2) is 5.69 Å². The predicted molar refractivity (Wildman–Crippen MR) is 71.1 cm³/mol. The number of carbonyl (C=O) groups is 1. The summed E-state index contributed by atoms with van der Waals surface area (Å²) in [5, 5.41) is 2.67. The van der Waals surface area contributed by atoms with Crippen LogP contribution in [0.4, 0.5) is 10.1 Å². The minimum Gasteiger partial charge on any atom is -0.397 e. The molecular weight excluding hydrogens is 245 g/mol. The number of hydrogen-bond donors (Lipinski definition) is 2. The fraction of sp³-hybridized carbons (Fsp3) is 0.143. The lowest BCUT2D eigenvalue weighted by atomic mass is 10.1. The number of benzene rings is 1. The van der Waals surface area contributed by atoms with Gasteiger partial charge in [0.25, 0.3) is 5.91 Å². The van der Waals surface area contributed by atoms with Crippen molar-refractivity contribution in [1.82, 2.24) is 10.3 Å². The molecule has 2 rings (SSSR count). The Labute approximate surface area is 110 Å². The van der Waals surface area contributed by atoms with Gasteiger partial charge in [0.2, 0.25) is 0 Å². The first-order valence-electron chi connectivity index (χ1n) is 5.90. The Bertz CT molecular complexity index is 586. The molecule has 0 fully saturated rings. The normalized spacial score (nSPS) is 10.2. The predicted octanol–water partition coefficient (Wildman–Crippen LogP) is 1.78.